The summed E-state index contributed by atoms with van der Waals surface area (Å²) in [5.74, 6) is -0.601. The summed E-state index contributed by atoms with van der Waals surface area (Å²) in [6.45, 7) is 10.2. The fraction of sp³-hybridized carbons (Fsp3) is 0.455. The van der Waals surface area contributed by atoms with Crippen LogP contribution in [0.3, 0.4) is 0 Å². The summed E-state index contributed by atoms with van der Waals surface area (Å²) < 4.78 is 5.33. The Morgan fingerprint density at radius 1 is 1.23 bits per heavy atom. The maximum absolute atomic E-state index is 13.1. The summed E-state index contributed by atoms with van der Waals surface area (Å²) in [6, 6.07) is 7.96. The summed E-state index contributed by atoms with van der Waals surface area (Å²) in [5.41, 5.74) is 4.99. The van der Waals surface area contributed by atoms with E-state index >= 15 is 0 Å². The third-order valence-electron chi connectivity index (χ3n) is 5.23. The number of nitrogens with one attached hydrogen (secondary N) is 1. The third kappa shape index (κ3) is 3.20. The zero-order chi connectivity index (χ0) is 19.1. The van der Waals surface area contributed by atoms with Gasteiger partial charge in [-0.3, -0.25) is 4.79 Å². The molecule has 0 spiro atoms. The molecule has 0 fully saturated rings. The second-order valence-corrected chi connectivity index (χ2v) is 8.01. The molecule has 0 saturated carbocycles. The van der Waals surface area contributed by atoms with Gasteiger partial charge in [0, 0.05) is 29.3 Å². The number of esters is 1. The lowest BCUT2D eigenvalue weighted by molar-refractivity contribution is -0.138. The van der Waals surface area contributed by atoms with Gasteiger partial charge in [-0.2, -0.15) is 0 Å². The van der Waals surface area contributed by atoms with Gasteiger partial charge in [-0.1, -0.05) is 38.1 Å². The molecule has 4 nitrogen and oxygen atoms in total. The molecule has 26 heavy (non-hydrogen) atoms. The standard InChI is InChI=1S/C22H27NO3/c1-6-26-21(25)18-14(3)23-16-11-22(4,5)12-17(24)20(16)19(18)15-10-8-7-9-13(15)2/h7-10,19,23H,6,11-12H2,1-5H3. The molecule has 0 radical (unpaired) electrons. The van der Waals surface area contributed by atoms with Gasteiger partial charge in [0.15, 0.2) is 5.78 Å². The second-order valence-electron chi connectivity index (χ2n) is 8.01. The average molecular weight is 353 g/mol. The maximum atomic E-state index is 13.1. The van der Waals surface area contributed by atoms with Crippen molar-refractivity contribution in [3.8, 4) is 0 Å². The smallest absolute Gasteiger partial charge is 0.336 e. The van der Waals surface area contributed by atoms with E-state index in [1.165, 1.54) is 0 Å². The Bertz CT molecular complexity index is 830. The van der Waals surface area contributed by atoms with E-state index in [2.05, 4.69) is 19.2 Å². The quantitative estimate of drug-likeness (QED) is 0.829. The van der Waals surface area contributed by atoms with E-state index in [1.54, 1.807) is 6.92 Å². The van der Waals surface area contributed by atoms with Crippen LogP contribution in [0.15, 0.2) is 46.8 Å². The van der Waals surface area contributed by atoms with Crippen LogP contribution in [0.25, 0.3) is 0 Å². The molecular formula is C22H27NO3. The van der Waals surface area contributed by atoms with Crippen LogP contribution < -0.4 is 5.32 Å². The molecule has 2 aliphatic rings. The molecule has 0 amide bonds. The molecule has 1 unspecified atom stereocenters. The highest BCUT2D eigenvalue weighted by atomic mass is 16.5. The number of ketones is 1. The fourth-order valence-electron chi connectivity index (χ4n) is 4.14. The maximum Gasteiger partial charge on any atom is 0.336 e. The molecule has 138 valence electrons. The van der Waals surface area contributed by atoms with Crippen LogP contribution in [0.2, 0.25) is 0 Å². The Balaban J connectivity index is 2.21. The van der Waals surface area contributed by atoms with Crippen molar-refractivity contribution >= 4 is 11.8 Å². The van der Waals surface area contributed by atoms with Crippen molar-refractivity contribution in [2.75, 3.05) is 6.61 Å². The van der Waals surface area contributed by atoms with Gasteiger partial charge in [0.2, 0.25) is 0 Å². The Morgan fingerprint density at radius 3 is 2.58 bits per heavy atom. The number of Topliss-reactive ketones (excluding diaryl/α,β-unsaturated/α-hetero) is 1. The lowest BCUT2D eigenvalue weighted by Crippen LogP contribution is -2.38. The van der Waals surface area contributed by atoms with E-state index < -0.39 is 0 Å². The summed E-state index contributed by atoms with van der Waals surface area (Å²) in [4.78, 5) is 25.9. The van der Waals surface area contributed by atoms with E-state index in [4.69, 9.17) is 4.74 Å². The highest BCUT2D eigenvalue weighted by Gasteiger charge is 2.43. The zero-order valence-corrected chi connectivity index (χ0v) is 16.2. The van der Waals surface area contributed by atoms with Crippen molar-refractivity contribution in [1.82, 2.24) is 5.32 Å². The summed E-state index contributed by atoms with van der Waals surface area (Å²) in [5, 5.41) is 3.35. The van der Waals surface area contributed by atoms with Crippen molar-refractivity contribution in [2.24, 2.45) is 5.41 Å². The number of dihydropyridines is 1. The van der Waals surface area contributed by atoms with Crippen LogP contribution in [-0.2, 0) is 14.3 Å². The van der Waals surface area contributed by atoms with Gasteiger partial charge in [0.05, 0.1) is 12.2 Å². The molecule has 1 atom stereocenters. The molecule has 1 aromatic rings. The van der Waals surface area contributed by atoms with Gasteiger partial charge in [-0.25, -0.2) is 4.79 Å². The van der Waals surface area contributed by atoms with Crippen LogP contribution in [0, 0.1) is 12.3 Å². The van der Waals surface area contributed by atoms with Gasteiger partial charge in [-0.05, 0) is 43.7 Å². The zero-order valence-electron chi connectivity index (χ0n) is 16.2. The van der Waals surface area contributed by atoms with E-state index in [9.17, 15) is 9.59 Å². The van der Waals surface area contributed by atoms with Gasteiger partial charge in [-0.15, -0.1) is 0 Å². The second kappa shape index (κ2) is 6.75. The van der Waals surface area contributed by atoms with Crippen molar-refractivity contribution in [1.29, 1.82) is 0 Å². The topological polar surface area (TPSA) is 55.4 Å². The molecule has 1 aliphatic carbocycles. The number of allylic oxidation sites excluding steroid dienone is 3. The number of carbonyl (C=O) groups is 2. The van der Waals surface area contributed by atoms with Crippen molar-refractivity contribution in [3.05, 3.63) is 57.9 Å². The normalized spacial score (nSPS) is 22.0. The lowest BCUT2D eigenvalue weighted by atomic mass is 9.68. The first-order valence-electron chi connectivity index (χ1n) is 9.22. The first kappa shape index (κ1) is 18.4. The van der Waals surface area contributed by atoms with E-state index in [1.807, 2.05) is 38.1 Å². The van der Waals surface area contributed by atoms with E-state index in [0.29, 0.717) is 18.6 Å². The number of ether oxygens (including phenoxy) is 1. The minimum atomic E-state index is -0.366. The SMILES string of the molecule is CCOC(=O)C1=C(C)NC2=C(C(=O)CC(C)(C)C2)C1c1ccccc1C. The largest absolute Gasteiger partial charge is 0.463 e. The number of hydrogen-bond acceptors (Lipinski definition) is 4. The third-order valence-corrected chi connectivity index (χ3v) is 5.23. The monoisotopic (exact) mass is 353 g/mol. The summed E-state index contributed by atoms with van der Waals surface area (Å²) >= 11 is 0. The first-order chi connectivity index (χ1) is 12.2. The molecule has 0 bridgehead atoms. The molecule has 1 aromatic carbocycles. The van der Waals surface area contributed by atoms with E-state index in [0.717, 1.165) is 34.5 Å². The number of hydrogen-bond donors (Lipinski definition) is 1. The van der Waals surface area contributed by atoms with Gasteiger partial charge < -0.3 is 10.1 Å². The molecule has 1 aliphatic heterocycles. The Hall–Kier alpha value is -2.36. The predicted molar refractivity (Wildman–Crippen MR) is 101 cm³/mol. The summed E-state index contributed by atoms with van der Waals surface area (Å²) in [6.07, 6.45) is 1.29. The highest BCUT2D eigenvalue weighted by Crippen LogP contribution is 2.47. The van der Waals surface area contributed by atoms with Crippen molar-refractivity contribution in [2.45, 2.75) is 53.4 Å². The highest BCUT2D eigenvalue weighted by molar-refractivity contribution is 6.04. The molecule has 0 aromatic heterocycles. The minimum absolute atomic E-state index is 0.0824. The van der Waals surface area contributed by atoms with Gasteiger partial charge >= 0.3 is 5.97 Å². The molecule has 3 rings (SSSR count). The molecule has 1 heterocycles. The Labute approximate surface area is 155 Å². The van der Waals surface area contributed by atoms with Gasteiger partial charge in [0.25, 0.3) is 0 Å². The van der Waals surface area contributed by atoms with Crippen molar-refractivity contribution in [3.63, 3.8) is 0 Å². The number of rotatable bonds is 3. The Kier molecular flexibility index (Phi) is 4.78. The lowest BCUT2D eigenvalue weighted by Gasteiger charge is -2.39. The molecule has 1 N–H and O–H groups in total. The Morgan fingerprint density at radius 2 is 1.92 bits per heavy atom. The van der Waals surface area contributed by atoms with Crippen molar-refractivity contribution < 1.29 is 14.3 Å². The van der Waals surface area contributed by atoms with Crippen LogP contribution in [0.5, 0.6) is 0 Å². The molecular weight excluding hydrogens is 326 g/mol. The van der Waals surface area contributed by atoms with E-state index in [-0.39, 0.29) is 23.1 Å². The predicted octanol–water partition coefficient (Wildman–Crippen LogP) is 4.16. The van der Waals surface area contributed by atoms with Gasteiger partial charge in [0.1, 0.15) is 0 Å². The van der Waals surface area contributed by atoms with Crippen LogP contribution in [0.4, 0.5) is 0 Å². The van der Waals surface area contributed by atoms with Crippen LogP contribution >= 0.6 is 0 Å². The molecule has 4 heteroatoms. The van der Waals surface area contributed by atoms with Crippen LogP contribution in [-0.4, -0.2) is 18.4 Å². The number of aryl methyl sites for hydroxylation is 1. The fourth-order valence-corrected chi connectivity index (χ4v) is 4.14. The number of carbonyl (C=O) groups excluding carboxylic acids is 2. The molecule has 0 saturated heterocycles. The minimum Gasteiger partial charge on any atom is -0.463 e. The van der Waals surface area contributed by atoms with Crippen LogP contribution in [0.1, 0.15) is 57.6 Å². The first-order valence-corrected chi connectivity index (χ1v) is 9.22. The average Bonchev–Trinajstić information content (AvgIpc) is 2.53. The number of benzene rings is 1. The summed E-state index contributed by atoms with van der Waals surface area (Å²) in [7, 11) is 0.